The predicted molar refractivity (Wildman–Crippen MR) is 159 cm³/mol. The number of anilines is 2. The van der Waals surface area contributed by atoms with Crippen molar-refractivity contribution in [3.05, 3.63) is 126 Å². The molecule has 1 aliphatic heterocycles. The zero-order valence-corrected chi connectivity index (χ0v) is 23.7. The molecule has 1 atom stereocenters. The summed E-state index contributed by atoms with van der Waals surface area (Å²) in [6.45, 7) is 2.28. The first-order valence-electron chi connectivity index (χ1n) is 13.6. The minimum absolute atomic E-state index is 0.304. The minimum atomic E-state index is -1.72. The Labute approximate surface area is 244 Å². The minimum Gasteiger partial charge on any atom is -0.350 e. The maximum absolute atomic E-state index is 13.9. The van der Waals surface area contributed by atoms with Crippen LogP contribution in [0.3, 0.4) is 0 Å². The lowest BCUT2D eigenvalue weighted by Gasteiger charge is -2.30. The maximum atomic E-state index is 13.9. The molecular weight excluding hydrogens is 532 g/mol. The van der Waals surface area contributed by atoms with Gasteiger partial charge >= 0.3 is 0 Å². The fourth-order valence-corrected chi connectivity index (χ4v) is 5.18. The summed E-state index contributed by atoms with van der Waals surface area (Å²) < 4.78 is 11.5. The first kappa shape index (κ1) is 28.7. The van der Waals surface area contributed by atoms with Crippen molar-refractivity contribution in [2.45, 2.75) is 31.8 Å². The molecule has 4 aromatic rings. The summed E-state index contributed by atoms with van der Waals surface area (Å²) in [5.74, 6) is -2.84. The highest BCUT2D eigenvalue weighted by Crippen LogP contribution is 2.45. The SMILES string of the molecule is COC1(OC)C(=O)N(Cc2ccccc2)c2ccc(N(C(=O)c3ccncc3)C(C)C(=O)NCc3ccccc3)cc21. The molecule has 0 saturated heterocycles. The standard InChI is InChI=1S/C33H32N4O5/c1-23(30(38)35-21-24-10-6-4-7-11-24)37(31(39)26-16-18-34-19-17-26)27-14-15-29-28(20-27)33(41-2,42-3)32(40)36(29)22-25-12-8-5-9-13-25/h4-20,23H,21-22H2,1-3H3,(H,35,38). The Morgan fingerprint density at radius 1 is 0.905 bits per heavy atom. The van der Waals surface area contributed by atoms with E-state index in [9.17, 15) is 14.4 Å². The molecule has 2 heterocycles. The number of nitrogens with one attached hydrogen (secondary N) is 1. The Bertz CT molecular complexity index is 1560. The maximum Gasteiger partial charge on any atom is 0.292 e. The molecule has 9 nitrogen and oxygen atoms in total. The Balaban J connectivity index is 1.54. The third kappa shape index (κ3) is 5.39. The van der Waals surface area contributed by atoms with E-state index in [1.54, 1.807) is 42.2 Å². The van der Waals surface area contributed by atoms with Crippen molar-refractivity contribution < 1.29 is 23.9 Å². The molecule has 5 rings (SSSR count). The van der Waals surface area contributed by atoms with Crippen molar-refractivity contribution in [1.29, 1.82) is 0 Å². The van der Waals surface area contributed by atoms with Gasteiger partial charge in [-0.2, -0.15) is 0 Å². The lowest BCUT2D eigenvalue weighted by Crippen LogP contribution is -2.48. The quantitative estimate of drug-likeness (QED) is 0.286. The Hall–Kier alpha value is -4.86. The second-order valence-electron chi connectivity index (χ2n) is 9.89. The molecule has 0 fully saturated rings. The molecule has 0 spiro atoms. The van der Waals surface area contributed by atoms with Crippen molar-refractivity contribution in [1.82, 2.24) is 10.3 Å². The molecule has 1 N–H and O–H groups in total. The van der Waals surface area contributed by atoms with Crippen LogP contribution in [0.15, 0.2) is 103 Å². The van der Waals surface area contributed by atoms with Crippen LogP contribution in [0.4, 0.5) is 11.4 Å². The number of pyridine rings is 1. The lowest BCUT2D eigenvalue weighted by atomic mass is 10.0. The van der Waals surface area contributed by atoms with Gasteiger partial charge in [-0.05, 0) is 48.4 Å². The highest BCUT2D eigenvalue weighted by Gasteiger charge is 2.53. The number of nitrogens with zero attached hydrogens (tertiary/aromatic N) is 3. The van der Waals surface area contributed by atoms with E-state index in [4.69, 9.17) is 9.47 Å². The van der Waals surface area contributed by atoms with Gasteiger partial charge in [0.15, 0.2) is 0 Å². The molecule has 0 saturated carbocycles. The molecule has 1 aromatic heterocycles. The molecule has 3 aromatic carbocycles. The van der Waals surface area contributed by atoms with E-state index < -0.39 is 17.7 Å². The van der Waals surface area contributed by atoms with Gasteiger partial charge in [-0.1, -0.05) is 60.7 Å². The van der Waals surface area contributed by atoms with Gasteiger partial charge in [0.05, 0.1) is 12.2 Å². The number of rotatable bonds is 10. The van der Waals surface area contributed by atoms with Crippen molar-refractivity contribution in [3.8, 4) is 0 Å². The summed E-state index contributed by atoms with van der Waals surface area (Å²) in [6, 6.07) is 26.6. The smallest absolute Gasteiger partial charge is 0.292 e. The zero-order chi connectivity index (χ0) is 29.7. The van der Waals surface area contributed by atoms with Crippen molar-refractivity contribution in [2.24, 2.45) is 0 Å². The fourth-order valence-electron chi connectivity index (χ4n) is 5.18. The second kappa shape index (κ2) is 12.3. The first-order chi connectivity index (χ1) is 20.4. The Kier molecular flexibility index (Phi) is 8.42. The summed E-state index contributed by atoms with van der Waals surface area (Å²) >= 11 is 0. The Morgan fingerprint density at radius 2 is 1.52 bits per heavy atom. The molecule has 0 bridgehead atoms. The van der Waals surface area contributed by atoms with Crippen LogP contribution in [0.5, 0.6) is 0 Å². The number of carbonyl (C=O) groups is 3. The molecule has 9 heteroatoms. The third-order valence-corrected chi connectivity index (χ3v) is 7.41. The number of methoxy groups -OCH3 is 2. The Morgan fingerprint density at radius 3 is 2.14 bits per heavy atom. The molecule has 0 radical (unpaired) electrons. The fraction of sp³-hybridized carbons (Fsp3) is 0.212. The number of hydrogen-bond acceptors (Lipinski definition) is 6. The highest BCUT2D eigenvalue weighted by atomic mass is 16.7. The van der Waals surface area contributed by atoms with E-state index in [2.05, 4.69) is 10.3 Å². The topological polar surface area (TPSA) is 101 Å². The van der Waals surface area contributed by atoms with Crippen molar-refractivity contribution in [2.75, 3.05) is 24.0 Å². The number of aromatic nitrogens is 1. The van der Waals surface area contributed by atoms with Gasteiger partial charge in [-0.25, -0.2) is 0 Å². The average Bonchev–Trinajstić information content (AvgIpc) is 3.27. The number of carbonyl (C=O) groups excluding carboxylic acids is 3. The van der Waals surface area contributed by atoms with Gasteiger partial charge in [-0.15, -0.1) is 0 Å². The average molecular weight is 565 g/mol. The van der Waals surface area contributed by atoms with Gasteiger partial charge in [0.25, 0.3) is 17.6 Å². The van der Waals surface area contributed by atoms with E-state index in [1.165, 1.54) is 31.5 Å². The molecule has 214 valence electrons. The first-order valence-corrected chi connectivity index (χ1v) is 13.6. The van der Waals surface area contributed by atoms with Gasteiger partial charge in [-0.3, -0.25) is 24.3 Å². The van der Waals surface area contributed by atoms with Crippen LogP contribution in [0.2, 0.25) is 0 Å². The number of hydrogen-bond donors (Lipinski definition) is 1. The van der Waals surface area contributed by atoms with Gasteiger partial charge in [0.2, 0.25) is 5.91 Å². The van der Waals surface area contributed by atoms with E-state index in [-0.39, 0.29) is 11.8 Å². The summed E-state index contributed by atoms with van der Waals surface area (Å²) in [6.07, 6.45) is 3.05. The van der Waals surface area contributed by atoms with E-state index in [0.29, 0.717) is 35.6 Å². The lowest BCUT2D eigenvalue weighted by molar-refractivity contribution is -0.209. The summed E-state index contributed by atoms with van der Waals surface area (Å²) in [5.41, 5.74) is 3.67. The van der Waals surface area contributed by atoms with Gasteiger partial charge < -0.3 is 19.7 Å². The summed E-state index contributed by atoms with van der Waals surface area (Å²) in [7, 11) is 2.81. The zero-order valence-electron chi connectivity index (χ0n) is 23.7. The van der Waals surface area contributed by atoms with Crippen LogP contribution in [-0.2, 0) is 37.9 Å². The molecular formula is C33H32N4O5. The number of amides is 3. The van der Waals surface area contributed by atoms with E-state index in [1.807, 2.05) is 60.7 Å². The largest absolute Gasteiger partial charge is 0.350 e. The van der Waals surface area contributed by atoms with Gasteiger partial charge in [0, 0.05) is 50.0 Å². The summed E-state index contributed by atoms with van der Waals surface area (Å²) in [4.78, 5) is 48.1. The third-order valence-electron chi connectivity index (χ3n) is 7.41. The van der Waals surface area contributed by atoms with Crippen LogP contribution >= 0.6 is 0 Å². The van der Waals surface area contributed by atoms with Crippen LogP contribution in [0.1, 0.15) is 34.0 Å². The number of ether oxygens (including phenoxy) is 2. The second-order valence-corrected chi connectivity index (χ2v) is 9.89. The molecule has 42 heavy (non-hydrogen) atoms. The monoisotopic (exact) mass is 564 g/mol. The number of benzene rings is 3. The van der Waals surface area contributed by atoms with E-state index in [0.717, 1.165) is 11.1 Å². The van der Waals surface area contributed by atoms with Gasteiger partial charge in [0.1, 0.15) is 6.04 Å². The van der Waals surface area contributed by atoms with Crippen LogP contribution < -0.4 is 15.1 Å². The van der Waals surface area contributed by atoms with Crippen molar-refractivity contribution in [3.63, 3.8) is 0 Å². The van der Waals surface area contributed by atoms with E-state index >= 15 is 0 Å². The van der Waals surface area contributed by atoms with Crippen molar-refractivity contribution >= 4 is 29.1 Å². The molecule has 0 aliphatic carbocycles. The highest BCUT2D eigenvalue weighted by molar-refractivity contribution is 6.11. The molecule has 3 amide bonds. The normalized spacial score (nSPS) is 14.3. The summed E-state index contributed by atoms with van der Waals surface area (Å²) in [5, 5.41) is 2.93. The number of fused-ring (bicyclic) bond motifs is 1. The predicted octanol–water partition coefficient (Wildman–Crippen LogP) is 4.43. The van der Waals surface area contributed by atoms with Crippen LogP contribution in [0, 0.1) is 0 Å². The molecule has 1 aliphatic rings. The van der Waals surface area contributed by atoms with Crippen LogP contribution in [-0.4, -0.2) is 43.0 Å². The molecule has 1 unspecified atom stereocenters. The van der Waals surface area contributed by atoms with Crippen LogP contribution in [0.25, 0.3) is 0 Å².